The van der Waals surface area contributed by atoms with Crippen molar-refractivity contribution >= 4 is 11.7 Å². The molecule has 0 bridgehead atoms. The van der Waals surface area contributed by atoms with Crippen molar-refractivity contribution in [2.75, 3.05) is 18.5 Å². The van der Waals surface area contributed by atoms with Crippen molar-refractivity contribution in [3.8, 4) is 5.75 Å². The molecule has 8 nitrogen and oxygen atoms in total. The number of ether oxygens (including phenoxy) is 1. The van der Waals surface area contributed by atoms with E-state index >= 15 is 0 Å². The SMILES string of the molecule is Cc1ncc2n1CCN(C(=O)Nc1ccccc1OCCn1ccnc1)C2. The highest BCUT2D eigenvalue weighted by Gasteiger charge is 2.22. The molecule has 3 aromatic rings. The van der Waals surface area contributed by atoms with Gasteiger partial charge >= 0.3 is 6.03 Å². The maximum absolute atomic E-state index is 12.7. The summed E-state index contributed by atoms with van der Waals surface area (Å²) in [6.07, 6.45) is 7.21. The average molecular weight is 366 g/mol. The summed E-state index contributed by atoms with van der Waals surface area (Å²) in [5.41, 5.74) is 1.72. The van der Waals surface area contributed by atoms with E-state index in [4.69, 9.17) is 4.74 Å². The van der Waals surface area contributed by atoms with Crippen LogP contribution in [0, 0.1) is 6.92 Å². The van der Waals surface area contributed by atoms with Crippen molar-refractivity contribution in [3.63, 3.8) is 0 Å². The van der Waals surface area contributed by atoms with Gasteiger partial charge in [0.15, 0.2) is 0 Å². The summed E-state index contributed by atoms with van der Waals surface area (Å²) in [5.74, 6) is 1.64. The van der Waals surface area contributed by atoms with Crippen LogP contribution in [0.2, 0.25) is 0 Å². The fraction of sp³-hybridized carbons (Fsp3) is 0.316. The Morgan fingerprint density at radius 2 is 2.19 bits per heavy atom. The number of carbonyl (C=O) groups is 1. The number of rotatable bonds is 5. The van der Waals surface area contributed by atoms with Crippen LogP contribution >= 0.6 is 0 Å². The lowest BCUT2D eigenvalue weighted by atomic mass is 10.3. The molecule has 0 radical (unpaired) electrons. The normalized spacial score (nSPS) is 13.3. The molecule has 0 atom stereocenters. The minimum atomic E-state index is -0.134. The summed E-state index contributed by atoms with van der Waals surface area (Å²) in [7, 11) is 0. The number of benzene rings is 1. The van der Waals surface area contributed by atoms with Gasteiger partial charge in [0, 0.05) is 25.5 Å². The van der Waals surface area contributed by atoms with E-state index in [2.05, 4.69) is 19.9 Å². The van der Waals surface area contributed by atoms with E-state index in [-0.39, 0.29) is 6.03 Å². The van der Waals surface area contributed by atoms with Crippen molar-refractivity contribution < 1.29 is 9.53 Å². The van der Waals surface area contributed by atoms with Gasteiger partial charge in [-0.1, -0.05) is 12.1 Å². The first kappa shape index (κ1) is 17.1. The Bertz CT molecular complexity index is 918. The molecule has 4 rings (SSSR count). The van der Waals surface area contributed by atoms with Gasteiger partial charge in [-0.15, -0.1) is 0 Å². The number of fused-ring (bicyclic) bond motifs is 1. The Balaban J connectivity index is 1.38. The topological polar surface area (TPSA) is 77.2 Å². The largest absolute Gasteiger partial charge is 0.490 e. The third-order valence-electron chi connectivity index (χ3n) is 4.67. The zero-order chi connectivity index (χ0) is 18.6. The van der Waals surface area contributed by atoms with Crippen LogP contribution in [-0.2, 0) is 19.6 Å². The second-order valence-corrected chi connectivity index (χ2v) is 6.45. The summed E-state index contributed by atoms with van der Waals surface area (Å²) in [5, 5.41) is 2.97. The van der Waals surface area contributed by atoms with Gasteiger partial charge in [-0.05, 0) is 19.1 Å². The highest BCUT2D eigenvalue weighted by atomic mass is 16.5. The molecule has 0 saturated heterocycles. The second-order valence-electron chi connectivity index (χ2n) is 6.45. The summed E-state index contributed by atoms with van der Waals surface area (Å²) < 4.78 is 9.96. The number of para-hydroxylation sites is 2. The Morgan fingerprint density at radius 3 is 3.04 bits per heavy atom. The number of urea groups is 1. The van der Waals surface area contributed by atoms with Gasteiger partial charge in [-0.2, -0.15) is 0 Å². The van der Waals surface area contributed by atoms with Gasteiger partial charge < -0.3 is 24.1 Å². The Morgan fingerprint density at radius 1 is 1.30 bits per heavy atom. The summed E-state index contributed by atoms with van der Waals surface area (Å²) in [6.45, 7) is 5.13. The van der Waals surface area contributed by atoms with Crippen LogP contribution in [0.15, 0.2) is 49.2 Å². The van der Waals surface area contributed by atoms with Crippen LogP contribution in [0.25, 0.3) is 0 Å². The molecule has 0 fully saturated rings. The van der Waals surface area contributed by atoms with Crippen LogP contribution in [0.3, 0.4) is 0 Å². The average Bonchev–Trinajstić information content (AvgIpc) is 3.33. The zero-order valence-corrected chi connectivity index (χ0v) is 15.2. The van der Waals surface area contributed by atoms with Crippen LogP contribution in [0.4, 0.5) is 10.5 Å². The van der Waals surface area contributed by atoms with Crippen LogP contribution in [0.1, 0.15) is 11.5 Å². The lowest BCUT2D eigenvalue weighted by Gasteiger charge is -2.29. The fourth-order valence-corrected chi connectivity index (χ4v) is 3.19. The number of hydrogen-bond acceptors (Lipinski definition) is 4. The van der Waals surface area contributed by atoms with E-state index in [1.807, 2.05) is 48.1 Å². The third kappa shape index (κ3) is 3.79. The fourth-order valence-electron chi connectivity index (χ4n) is 3.19. The molecule has 8 heteroatoms. The highest BCUT2D eigenvalue weighted by molar-refractivity contribution is 5.91. The number of imidazole rings is 2. The van der Waals surface area contributed by atoms with Gasteiger partial charge in [-0.3, -0.25) is 0 Å². The molecule has 1 aliphatic rings. The predicted molar refractivity (Wildman–Crippen MR) is 101 cm³/mol. The summed E-state index contributed by atoms with van der Waals surface area (Å²) >= 11 is 0. The lowest BCUT2D eigenvalue weighted by Crippen LogP contribution is -2.40. The molecular weight excluding hydrogens is 344 g/mol. The van der Waals surface area contributed by atoms with Crippen molar-refractivity contribution in [1.82, 2.24) is 24.0 Å². The quantitative estimate of drug-likeness (QED) is 0.753. The van der Waals surface area contributed by atoms with E-state index in [1.54, 1.807) is 17.4 Å². The summed E-state index contributed by atoms with van der Waals surface area (Å²) in [6, 6.07) is 7.35. The Kier molecular flexibility index (Phi) is 4.78. The smallest absolute Gasteiger partial charge is 0.322 e. The molecule has 3 heterocycles. The zero-order valence-electron chi connectivity index (χ0n) is 15.2. The van der Waals surface area contributed by atoms with Crippen LogP contribution < -0.4 is 10.1 Å². The molecule has 1 N–H and O–H groups in total. The van der Waals surface area contributed by atoms with E-state index in [1.165, 1.54) is 0 Å². The molecular formula is C19H22N6O2. The number of amides is 2. The van der Waals surface area contributed by atoms with Gasteiger partial charge in [0.25, 0.3) is 0 Å². The Hall–Kier alpha value is -3.29. The Labute approximate surface area is 157 Å². The first-order valence-electron chi connectivity index (χ1n) is 8.95. The number of nitrogens with zero attached hydrogens (tertiary/aromatic N) is 5. The summed E-state index contributed by atoms with van der Waals surface area (Å²) in [4.78, 5) is 22.8. The van der Waals surface area contributed by atoms with Gasteiger partial charge in [0.1, 0.15) is 18.2 Å². The monoisotopic (exact) mass is 366 g/mol. The van der Waals surface area contributed by atoms with Gasteiger partial charge in [-0.25, -0.2) is 14.8 Å². The molecule has 0 spiro atoms. The lowest BCUT2D eigenvalue weighted by molar-refractivity contribution is 0.196. The maximum atomic E-state index is 12.7. The minimum Gasteiger partial charge on any atom is -0.490 e. The van der Waals surface area contributed by atoms with Crippen molar-refractivity contribution in [3.05, 3.63) is 60.7 Å². The maximum Gasteiger partial charge on any atom is 0.322 e. The number of carbonyl (C=O) groups excluding carboxylic acids is 1. The molecule has 2 aromatic heterocycles. The molecule has 0 aliphatic carbocycles. The first-order chi connectivity index (χ1) is 13.2. The minimum absolute atomic E-state index is 0.134. The van der Waals surface area contributed by atoms with Gasteiger partial charge in [0.05, 0.1) is 37.0 Å². The van der Waals surface area contributed by atoms with Gasteiger partial charge in [0.2, 0.25) is 0 Å². The third-order valence-corrected chi connectivity index (χ3v) is 4.67. The number of anilines is 1. The second kappa shape index (κ2) is 7.53. The van der Waals surface area contributed by atoms with E-state index in [0.717, 1.165) is 18.1 Å². The van der Waals surface area contributed by atoms with Crippen LogP contribution in [-0.4, -0.2) is 43.2 Å². The number of hydrogen-bond donors (Lipinski definition) is 1. The number of aryl methyl sites for hydroxylation is 1. The molecule has 1 aliphatic heterocycles. The molecule has 0 saturated carbocycles. The van der Waals surface area contributed by atoms with Crippen molar-refractivity contribution in [2.45, 2.75) is 26.6 Å². The molecule has 2 amide bonds. The van der Waals surface area contributed by atoms with E-state index in [0.29, 0.717) is 37.7 Å². The van der Waals surface area contributed by atoms with Crippen molar-refractivity contribution in [1.29, 1.82) is 0 Å². The molecule has 140 valence electrons. The van der Waals surface area contributed by atoms with E-state index < -0.39 is 0 Å². The number of nitrogens with one attached hydrogen (secondary N) is 1. The molecule has 0 unspecified atom stereocenters. The molecule has 27 heavy (non-hydrogen) atoms. The van der Waals surface area contributed by atoms with Crippen molar-refractivity contribution in [2.24, 2.45) is 0 Å². The van der Waals surface area contributed by atoms with E-state index in [9.17, 15) is 4.79 Å². The molecule has 1 aromatic carbocycles. The predicted octanol–water partition coefficient (Wildman–Crippen LogP) is 2.51. The van der Waals surface area contributed by atoms with Crippen LogP contribution in [0.5, 0.6) is 5.75 Å². The standard InChI is InChI=1S/C19H22N6O2/c1-15-21-12-16-13-24(8-9-25(15)16)19(26)22-17-4-2-3-5-18(17)27-11-10-23-7-6-20-14-23/h2-7,12,14H,8-11,13H2,1H3,(H,22,26). The first-order valence-corrected chi connectivity index (χ1v) is 8.95. The number of aromatic nitrogens is 4. The highest BCUT2D eigenvalue weighted by Crippen LogP contribution is 2.25.